The van der Waals surface area contributed by atoms with Crippen LogP contribution in [0.25, 0.3) is 0 Å². The van der Waals surface area contributed by atoms with Crippen molar-refractivity contribution in [2.75, 3.05) is 24.5 Å². The molecule has 2 atom stereocenters. The zero-order valence-corrected chi connectivity index (χ0v) is 16.8. The molecule has 0 aromatic carbocycles. The van der Waals surface area contributed by atoms with Crippen LogP contribution in [0.3, 0.4) is 0 Å². The molecule has 0 amide bonds. The highest BCUT2D eigenvalue weighted by molar-refractivity contribution is 7.55. The first-order valence-corrected chi connectivity index (χ1v) is 11.6. The van der Waals surface area contributed by atoms with Crippen LogP contribution in [0.1, 0.15) is 40.5 Å². The Bertz CT molecular complexity index is 356. The van der Waals surface area contributed by atoms with Crippen molar-refractivity contribution in [3.63, 3.8) is 0 Å². The van der Waals surface area contributed by atoms with E-state index in [9.17, 15) is 9.13 Å². The molecule has 0 fully saturated rings. The molecule has 0 bridgehead atoms. The van der Waals surface area contributed by atoms with E-state index in [1.165, 1.54) is 0 Å². The fourth-order valence-electron chi connectivity index (χ4n) is 1.44. The summed E-state index contributed by atoms with van der Waals surface area (Å²) in [7, 11) is -6.48. The van der Waals surface area contributed by atoms with Gasteiger partial charge in [0.2, 0.25) is 0 Å². The van der Waals surface area contributed by atoms with Gasteiger partial charge in [-0.05, 0) is 40.5 Å². The Labute approximate surface area is 143 Å². The average molecular weight is 399 g/mol. The van der Waals surface area contributed by atoms with Crippen molar-refractivity contribution in [2.45, 2.75) is 52.7 Å². The molecular weight excluding hydrogens is 373 g/mol. The number of halogens is 2. The maximum Gasteiger partial charge on any atom is 0.345 e. The van der Waals surface area contributed by atoms with Gasteiger partial charge in [0.1, 0.15) is 11.2 Å². The van der Waals surface area contributed by atoms with Crippen LogP contribution < -0.4 is 0 Å². The smallest absolute Gasteiger partial charge is 0.308 e. The summed E-state index contributed by atoms with van der Waals surface area (Å²) < 4.78 is 45.0. The van der Waals surface area contributed by atoms with E-state index in [4.69, 9.17) is 41.3 Å². The van der Waals surface area contributed by atoms with E-state index in [1.54, 1.807) is 27.7 Å². The van der Waals surface area contributed by atoms with E-state index in [0.717, 1.165) is 0 Å². The summed E-state index contributed by atoms with van der Waals surface area (Å²) in [6.07, 6.45) is 0.671. The van der Waals surface area contributed by atoms with Crippen LogP contribution >= 0.6 is 38.4 Å². The SMILES string of the molecule is CC(C)OP(=O)(CCl)OCCCCOP(=O)(CCl)OC(C)C. The highest BCUT2D eigenvalue weighted by Crippen LogP contribution is 2.51. The van der Waals surface area contributed by atoms with Crippen LogP contribution in [0.2, 0.25) is 0 Å². The van der Waals surface area contributed by atoms with E-state index in [1.807, 2.05) is 0 Å². The van der Waals surface area contributed by atoms with E-state index in [2.05, 4.69) is 0 Å². The first kappa shape index (κ1) is 22.9. The number of unbranched alkanes of at least 4 members (excludes halogenated alkanes) is 1. The molecular formula is C12H26Cl2O6P2. The van der Waals surface area contributed by atoms with Crippen LogP contribution in [0.5, 0.6) is 0 Å². The van der Waals surface area contributed by atoms with Gasteiger partial charge in [0.25, 0.3) is 0 Å². The normalized spacial score (nSPS) is 17.6. The quantitative estimate of drug-likeness (QED) is 0.234. The predicted octanol–water partition coefficient (Wildman–Crippen LogP) is 5.43. The summed E-state index contributed by atoms with van der Waals surface area (Å²) in [5, 5.41) is 0. The second-order valence-corrected chi connectivity index (χ2v) is 10.4. The van der Waals surface area contributed by atoms with Crippen molar-refractivity contribution in [3.05, 3.63) is 0 Å². The second kappa shape index (κ2) is 11.4. The molecule has 0 rings (SSSR count). The summed E-state index contributed by atoms with van der Waals surface area (Å²) in [6, 6.07) is 0. The standard InChI is InChI=1S/C12H26Cl2O6P2/c1-11(2)19-21(15,9-13)17-7-5-6-8-18-22(16,10-14)20-12(3)4/h11-12H,5-10H2,1-4H3. The third kappa shape index (κ3) is 10.6. The highest BCUT2D eigenvalue weighted by Gasteiger charge is 2.26. The Morgan fingerprint density at radius 1 is 0.773 bits per heavy atom. The van der Waals surface area contributed by atoms with Crippen molar-refractivity contribution in [1.29, 1.82) is 0 Å². The Balaban J connectivity index is 3.98. The van der Waals surface area contributed by atoms with Gasteiger partial charge in [-0.3, -0.25) is 9.13 Å². The number of hydrogen-bond acceptors (Lipinski definition) is 6. The second-order valence-electron chi connectivity index (χ2n) is 5.14. The molecule has 0 spiro atoms. The van der Waals surface area contributed by atoms with E-state index in [-0.39, 0.29) is 36.7 Å². The Morgan fingerprint density at radius 3 is 1.32 bits per heavy atom. The van der Waals surface area contributed by atoms with Crippen molar-refractivity contribution in [2.24, 2.45) is 0 Å². The molecule has 0 aromatic rings. The van der Waals surface area contributed by atoms with E-state index >= 15 is 0 Å². The van der Waals surface area contributed by atoms with Gasteiger partial charge in [-0.15, -0.1) is 23.2 Å². The molecule has 0 heterocycles. The Morgan fingerprint density at radius 2 is 1.09 bits per heavy atom. The monoisotopic (exact) mass is 398 g/mol. The molecule has 0 saturated carbocycles. The van der Waals surface area contributed by atoms with Crippen LogP contribution in [-0.2, 0) is 27.2 Å². The maximum atomic E-state index is 12.1. The number of alkyl halides is 2. The molecule has 0 radical (unpaired) electrons. The van der Waals surface area contributed by atoms with Crippen molar-refractivity contribution in [3.8, 4) is 0 Å². The number of rotatable bonds is 13. The lowest BCUT2D eigenvalue weighted by Gasteiger charge is -2.19. The zero-order chi connectivity index (χ0) is 17.2. The molecule has 134 valence electrons. The molecule has 0 saturated heterocycles. The van der Waals surface area contributed by atoms with Gasteiger partial charge in [-0.1, -0.05) is 0 Å². The van der Waals surface area contributed by atoms with E-state index in [0.29, 0.717) is 12.8 Å². The van der Waals surface area contributed by atoms with Gasteiger partial charge in [-0.2, -0.15) is 0 Å². The van der Waals surface area contributed by atoms with Crippen LogP contribution in [-0.4, -0.2) is 36.7 Å². The summed E-state index contributed by atoms with van der Waals surface area (Å²) in [5.41, 5.74) is -0.378. The van der Waals surface area contributed by atoms with Gasteiger partial charge in [0, 0.05) is 0 Å². The lowest BCUT2D eigenvalue weighted by molar-refractivity contribution is 0.156. The molecule has 0 aliphatic heterocycles. The third-order valence-corrected chi connectivity index (χ3v) is 7.13. The molecule has 22 heavy (non-hydrogen) atoms. The fraction of sp³-hybridized carbons (Fsp3) is 1.00. The van der Waals surface area contributed by atoms with Crippen molar-refractivity contribution < 1.29 is 27.2 Å². The fourth-order valence-corrected chi connectivity index (χ4v) is 4.66. The first-order chi connectivity index (χ1) is 10.2. The molecule has 0 aliphatic rings. The van der Waals surface area contributed by atoms with Gasteiger partial charge >= 0.3 is 15.2 Å². The highest BCUT2D eigenvalue weighted by atomic mass is 35.5. The minimum Gasteiger partial charge on any atom is -0.308 e. The summed E-state index contributed by atoms with van der Waals surface area (Å²) in [6.45, 7) is 7.47. The lowest BCUT2D eigenvalue weighted by atomic mass is 10.3. The van der Waals surface area contributed by atoms with Gasteiger partial charge < -0.3 is 18.1 Å². The van der Waals surface area contributed by atoms with Crippen LogP contribution in [0.4, 0.5) is 0 Å². The first-order valence-electron chi connectivity index (χ1n) is 7.12. The minimum absolute atomic E-state index is 0.189. The van der Waals surface area contributed by atoms with E-state index < -0.39 is 15.2 Å². The predicted molar refractivity (Wildman–Crippen MR) is 90.2 cm³/mol. The third-order valence-electron chi connectivity index (χ3n) is 2.15. The molecule has 6 nitrogen and oxygen atoms in total. The minimum atomic E-state index is -3.24. The Kier molecular flexibility index (Phi) is 11.9. The largest absolute Gasteiger partial charge is 0.345 e. The zero-order valence-electron chi connectivity index (χ0n) is 13.5. The van der Waals surface area contributed by atoms with Crippen molar-refractivity contribution >= 4 is 38.4 Å². The molecule has 2 unspecified atom stereocenters. The van der Waals surface area contributed by atoms with Gasteiger partial charge in [0.15, 0.2) is 0 Å². The molecule has 0 aromatic heterocycles. The molecule has 10 heteroatoms. The Hall–Kier alpha value is 0.880. The summed E-state index contributed by atoms with van der Waals surface area (Å²) in [5.74, 6) is 0. The number of hydrogen-bond donors (Lipinski definition) is 0. The summed E-state index contributed by atoms with van der Waals surface area (Å²) >= 11 is 11.2. The van der Waals surface area contributed by atoms with Crippen LogP contribution in [0, 0.1) is 0 Å². The van der Waals surface area contributed by atoms with Gasteiger partial charge in [0.05, 0.1) is 25.4 Å². The topological polar surface area (TPSA) is 71.1 Å². The summed E-state index contributed by atoms with van der Waals surface area (Å²) in [4.78, 5) is 0. The molecule has 0 N–H and O–H groups in total. The maximum absolute atomic E-state index is 12.1. The molecule has 0 aliphatic carbocycles. The average Bonchev–Trinajstić information content (AvgIpc) is 2.41. The van der Waals surface area contributed by atoms with Crippen LogP contribution in [0.15, 0.2) is 0 Å². The van der Waals surface area contributed by atoms with Crippen molar-refractivity contribution in [1.82, 2.24) is 0 Å². The lowest BCUT2D eigenvalue weighted by Crippen LogP contribution is -2.07. The van der Waals surface area contributed by atoms with Gasteiger partial charge in [-0.25, -0.2) is 0 Å².